The average molecular weight is 724 g/mol. The number of aliphatic imine (C=N–C) groups is 1. The third kappa shape index (κ3) is 8.65. The molecular weight excluding hydrogens is 671 g/mol. The monoisotopic (exact) mass is 723 g/mol. The zero-order valence-electron chi connectivity index (χ0n) is 31.1. The van der Waals surface area contributed by atoms with Gasteiger partial charge in [-0.3, -0.25) is 19.3 Å². The molecule has 2 amide bonds. The molecule has 3 aliphatic rings. The number of piperidine rings is 1. The van der Waals surface area contributed by atoms with Gasteiger partial charge in [-0.2, -0.15) is 5.10 Å². The van der Waals surface area contributed by atoms with E-state index in [-0.39, 0.29) is 36.2 Å². The number of pyridine rings is 1. The topological polar surface area (TPSA) is 163 Å². The van der Waals surface area contributed by atoms with Gasteiger partial charge in [0.1, 0.15) is 23.4 Å². The van der Waals surface area contributed by atoms with Crippen LogP contribution in [0.3, 0.4) is 0 Å². The minimum Gasteiger partial charge on any atom is -0.484 e. The minimum atomic E-state index is -0.374. The number of nitrogens with two attached hydrogens (primary N) is 1. The Labute approximate surface area is 311 Å². The zero-order chi connectivity index (χ0) is 37.0. The van der Waals surface area contributed by atoms with E-state index in [1.54, 1.807) is 12.3 Å². The summed E-state index contributed by atoms with van der Waals surface area (Å²) in [6, 6.07) is 11.7. The lowest BCUT2D eigenvalue weighted by atomic mass is 9.85. The lowest BCUT2D eigenvalue weighted by Crippen LogP contribution is -2.42. The van der Waals surface area contributed by atoms with Crippen LogP contribution in [0.4, 0.5) is 16.4 Å². The van der Waals surface area contributed by atoms with Crippen LogP contribution in [0.5, 0.6) is 5.75 Å². The highest BCUT2D eigenvalue weighted by atomic mass is 16.5. The molecule has 282 valence electrons. The molecule has 3 aromatic heterocycles. The minimum absolute atomic E-state index is 0.176. The number of benzene rings is 1. The van der Waals surface area contributed by atoms with E-state index >= 15 is 0 Å². The van der Waals surface area contributed by atoms with Gasteiger partial charge in [0.05, 0.1) is 37.8 Å². The first-order valence-corrected chi connectivity index (χ1v) is 19.0. The van der Waals surface area contributed by atoms with Gasteiger partial charge < -0.3 is 25.8 Å². The summed E-state index contributed by atoms with van der Waals surface area (Å²) in [5, 5.41) is 29.2. The van der Waals surface area contributed by atoms with Gasteiger partial charge in [-0.25, -0.2) is 9.79 Å². The molecule has 0 saturated carbocycles. The maximum atomic E-state index is 13.6. The van der Waals surface area contributed by atoms with Gasteiger partial charge in [-0.15, -0.1) is 10.2 Å². The van der Waals surface area contributed by atoms with Gasteiger partial charge >= 0.3 is 6.03 Å². The number of hydrogen-bond acceptors (Lipinski definition) is 10. The van der Waals surface area contributed by atoms with Gasteiger partial charge in [0.2, 0.25) is 5.95 Å². The summed E-state index contributed by atoms with van der Waals surface area (Å²) < 4.78 is 10.5. The van der Waals surface area contributed by atoms with E-state index in [0.29, 0.717) is 36.6 Å². The number of ether oxygens (including phenoxy) is 1. The first kappa shape index (κ1) is 36.4. The normalized spacial score (nSPS) is 21.5. The van der Waals surface area contributed by atoms with Crippen LogP contribution in [-0.4, -0.2) is 85.1 Å². The summed E-state index contributed by atoms with van der Waals surface area (Å²) in [5.74, 6) is 1.93. The SMILES string of the molecule is CC(C)(C)C(N)=CC(=Nc1cnn(CCN2CCC[C@H]2CO)c1)NC(=O)NC1CCC(Oc2ccc3nnc(N4CCCCC4)n3c2)c2ccccc21. The van der Waals surface area contributed by atoms with Crippen molar-refractivity contribution in [1.82, 2.24) is 39.9 Å². The highest BCUT2D eigenvalue weighted by Gasteiger charge is 2.30. The molecule has 14 nitrogen and oxygen atoms in total. The van der Waals surface area contributed by atoms with Crippen molar-refractivity contribution in [1.29, 1.82) is 0 Å². The Hall–Kier alpha value is -4.95. The van der Waals surface area contributed by atoms with Crippen LogP contribution in [0.25, 0.3) is 5.65 Å². The number of aromatic nitrogens is 5. The van der Waals surface area contributed by atoms with Gasteiger partial charge in [0, 0.05) is 42.9 Å². The summed E-state index contributed by atoms with van der Waals surface area (Å²) in [7, 11) is 0. The Morgan fingerprint density at radius 2 is 1.81 bits per heavy atom. The molecule has 7 rings (SSSR count). The molecule has 53 heavy (non-hydrogen) atoms. The molecule has 1 aliphatic carbocycles. The van der Waals surface area contributed by atoms with Crippen LogP contribution in [0.15, 0.2) is 71.8 Å². The fourth-order valence-corrected chi connectivity index (χ4v) is 7.50. The van der Waals surface area contributed by atoms with Crippen molar-refractivity contribution in [3.05, 3.63) is 77.9 Å². The van der Waals surface area contributed by atoms with Crippen molar-refractivity contribution in [3.8, 4) is 5.75 Å². The summed E-state index contributed by atoms with van der Waals surface area (Å²) in [6.07, 6.45) is 14.2. The summed E-state index contributed by atoms with van der Waals surface area (Å²) in [4.78, 5) is 23.0. The van der Waals surface area contributed by atoms with E-state index in [9.17, 15) is 9.90 Å². The number of amidine groups is 1. The van der Waals surface area contributed by atoms with E-state index in [1.807, 2.05) is 66.5 Å². The van der Waals surface area contributed by atoms with Crippen LogP contribution in [0, 0.1) is 5.41 Å². The second kappa shape index (κ2) is 16.0. The zero-order valence-corrected chi connectivity index (χ0v) is 31.1. The molecule has 2 saturated heterocycles. The van der Waals surface area contributed by atoms with Crippen LogP contribution in [0.1, 0.15) is 89.0 Å². The Balaban J connectivity index is 1.04. The van der Waals surface area contributed by atoms with E-state index in [1.165, 1.54) is 6.42 Å². The van der Waals surface area contributed by atoms with E-state index < -0.39 is 0 Å². The van der Waals surface area contributed by atoms with Crippen molar-refractivity contribution in [2.75, 3.05) is 37.7 Å². The second-order valence-corrected chi connectivity index (χ2v) is 15.4. The van der Waals surface area contributed by atoms with Crippen LogP contribution in [0.2, 0.25) is 0 Å². The molecule has 3 atom stereocenters. The fraction of sp³-hybridized carbons (Fsp3) is 0.513. The lowest BCUT2D eigenvalue weighted by molar-refractivity contribution is 0.154. The quantitative estimate of drug-likeness (QED) is 0.127. The van der Waals surface area contributed by atoms with Crippen LogP contribution >= 0.6 is 0 Å². The standard InChI is InChI=1S/C39H53N11O3/c1-39(2,3)34(40)22-35(42-27-23-41-49(24-27)21-20-47-19-9-10-28(47)26-51)44-37(52)43-32-14-15-33(31-12-6-5-11-30(31)32)53-29-13-16-36-45-46-38(50(36)25-29)48-17-7-4-8-18-48/h5-6,11-13,16,22-25,28,32-33,51H,4,7-10,14-15,17-21,26,40H2,1-3H3,(H2,42,43,44,52)/t28-,32?,33?/m0/s1. The first-order valence-electron chi connectivity index (χ1n) is 19.0. The van der Waals surface area contributed by atoms with Crippen LogP contribution in [-0.2, 0) is 6.54 Å². The number of carbonyl (C=O) groups excluding carboxylic acids is 1. The molecule has 1 aromatic carbocycles. The number of anilines is 1. The summed E-state index contributed by atoms with van der Waals surface area (Å²) in [5.41, 5.74) is 10.2. The molecule has 0 spiro atoms. The number of carbonyl (C=O) groups is 1. The van der Waals surface area contributed by atoms with Gasteiger partial charge in [-0.05, 0) is 74.8 Å². The molecule has 2 unspecified atom stereocenters. The number of aliphatic hydroxyl groups excluding tert-OH is 1. The Bertz CT molecular complexity index is 1940. The Kier molecular flexibility index (Phi) is 11.0. The molecule has 2 fully saturated rings. The van der Waals surface area contributed by atoms with Crippen molar-refractivity contribution < 1.29 is 14.6 Å². The van der Waals surface area contributed by atoms with Crippen molar-refractivity contribution in [3.63, 3.8) is 0 Å². The van der Waals surface area contributed by atoms with Gasteiger partial charge in [-0.1, -0.05) is 45.0 Å². The third-order valence-electron chi connectivity index (χ3n) is 10.6. The third-order valence-corrected chi connectivity index (χ3v) is 10.6. The Morgan fingerprint density at radius 1 is 1.00 bits per heavy atom. The highest BCUT2D eigenvalue weighted by Crippen LogP contribution is 2.39. The summed E-state index contributed by atoms with van der Waals surface area (Å²) in [6.45, 7) is 10.6. The first-order chi connectivity index (χ1) is 25.6. The number of nitrogens with zero attached hydrogens (tertiary/aromatic N) is 8. The van der Waals surface area contributed by atoms with E-state index in [2.05, 4.69) is 47.9 Å². The molecule has 4 aromatic rings. The Morgan fingerprint density at radius 3 is 2.60 bits per heavy atom. The largest absolute Gasteiger partial charge is 0.484 e. The number of amides is 2. The number of likely N-dealkylation sites (tertiary alicyclic amines) is 1. The molecule has 5 N–H and O–H groups in total. The van der Waals surface area contributed by atoms with Crippen molar-refractivity contribution in [2.24, 2.45) is 16.1 Å². The molecule has 2 aliphatic heterocycles. The highest BCUT2D eigenvalue weighted by molar-refractivity contribution is 6.05. The average Bonchev–Trinajstić information content (AvgIpc) is 3.91. The number of aliphatic hydroxyl groups is 1. The molecule has 0 bridgehead atoms. The summed E-state index contributed by atoms with van der Waals surface area (Å²) >= 11 is 0. The smallest absolute Gasteiger partial charge is 0.320 e. The number of rotatable bonds is 10. The van der Waals surface area contributed by atoms with Crippen molar-refractivity contribution in [2.45, 2.75) is 90.4 Å². The fourth-order valence-electron chi connectivity index (χ4n) is 7.50. The van der Waals surface area contributed by atoms with Crippen LogP contribution < -0.4 is 26.0 Å². The number of allylic oxidation sites excluding steroid dienone is 1. The molecule has 5 heterocycles. The number of fused-ring (bicyclic) bond motifs is 2. The number of nitrogens with one attached hydrogen (secondary N) is 2. The predicted molar refractivity (Wildman–Crippen MR) is 205 cm³/mol. The van der Waals surface area contributed by atoms with E-state index in [4.69, 9.17) is 15.5 Å². The number of urea groups is 1. The maximum Gasteiger partial charge on any atom is 0.320 e. The van der Waals surface area contributed by atoms with Gasteiger partial charge in [0.25, 0.3) is 0 Å². The maximum absolute atomic E-state index is 13.6. The second-order valence-electron chi connectivity index (χ2n) is 15.4. The molecular formula is C39H53N11O3. The number of hydrogen-bond donors (Lipinski definition) is 4. The van der Waals surface area contributed by atoms with Gasteiger partial charge in [0.15, 0.2) is 5.65 Å². The predicted octanol–water partition coefficient (Wildman–Crippen LogP) is 5.25. The van der Waals surface area contributed by atoms with Crippen molar-refractivity contribution >= 4 is 29.1 Å². The molecule has 0 radical (unpaired) electrons. The molecule has 14 heteroatoms. The van der Waals surface area contributed by atoms with E-state index in [0.717, 1.165) is 80.3 Å². The lowest BCUT2D eigenvalue weighted by Gasteiger charge is -2.32.